The van der Waals surface area contributed by atoms with Gasteiger partial charge in [0.2, 0.25) is 6.71 Å². The minimum Gasteiger partial charge on any atom is -0.329 e. The standard InChI is InChI=1S/C60H45BN2S2/c1-34-22-28-54-50(30-34)56-59(64-54)62(36-24-26-46-42-16-5-3-12-38(42)40-14-7-9-18-44(40)48(46)32-36)52-20-11-21-53-58(52)61(56)57-51-31-35(2)23-29-55(51)65-60(57)63(53)37-25-27-47-43-17-6-4-13-39(43)41-15-8-10-19-45(41)49(47)33-37/h3-33,40-41,44-45,56-57,59-60H,1-2H3. The third-order valence-corrected chi connectivity index (χ3v) is 18.9. The number of hydrogen-bond acceptors (Lipinski definition) is 4. The maximum Gasteiger partial charge on any atom is 0.203 e. The zero-order valence-electron chi connectivity index (χ0n) is 36.3. The monoisotopic (exact) mass is 868 g/mol. The van der Waals surface area contributed by atoms with Crippen LogP contribution >= 0.6 is 23.5 Å². The van der Waals surface area contributed by atoms with Gasteiger partial charge in [-0.05, 0) is 135 Å². The first-order valence-corrected chi connectivity index (χ1v) is 25.3. The van der Waals surface area contributed by atoms with Crippen molar-refractivity contribution in [2.45, 2.75) is 69.7 Å². The number of hydrogen-bond donors (Lipinski definition) is 0. The average molecular weight is 869 g/mol. The Hall–Kier alpha value is -6.14. The first-order chi connectivity index (χ1) is 32.1. The van der Waals surface area contributed by atoms with Crippen LogP contribution < -0.4 is 15.3 Å². The summed E-state index contributed by atoms with van der Waals surface area (Å²) in [6.45, 7) is 4.87. The van der Waals surface area contributed by atoms with Crippen molar-refractivity contribution >= 4 is 58.4 Å². The van der Waals surface area contributed by atoms with Gasteiger partial charge in [0.05, 0.1) is 10.7 Å². The van der Waals surface area contributed by atoms with Crippen LogP contribution in [0.25, 0.3) is 22.3 Å². The largest absolute Gasteiger partial charge is 0.329 e. The number of allylic oxidation sites excluding steroid dienone is 8. The Morgan fingerprint density at radius 2 is 0.831 bits per heavy atom. The van der Waals surface area contributed by atoms with Crippen LogP contribution in [0.15, 0.2) is 198 Å². The highest BCUT2D eigenvalue weighted by Crippen LogP contribution is 2.63. The van der Waals surface area contributed by atoms with Gasteiger partial charge in [-0.25, -0.2) is 0 Å². The molecule has 7 aromatic carbocycles. The lowest BCUT2D eigenvalue weighted by Crippen LogP contribution is -2.62. The molecule has 15 rings (SSSR count). The van der Waals surface area contributed by atoms with Crippen molar-refractivity contribution in [3.8, 4) is 22.3 Å². The van der Waals surface area contributed by atoms with Crippen LogP contribution in [-0.4, -0.2) is 17.5 Å². The Bertz CT molecular complexity index is 3140. The Kier molecular flexibility index (Phi) is 7.82. The van der Waals surface area contributed by atoms with Crippen LogP contribution in [-0.2, 0) is 0 Å². The molecule has 0 amide bonds. The molecule has 310 valence electrons. The molecule has 0 saturated carbocycles. The van der Waals surface area contributed by atoms with Gasteiger partial charge < -0.3 is 9.80 Å². The van der Waals surface area contributed by atoms with E-state index in [4.69, 9.17) is 0 Å². The number of fused-ring (bicyclic) bond motifs is 20. The van der Waals surface area contributed by atoms with Crippen LogP contribution in [0.3, 0.4) is 0 Å². The Morgan fingerprint density at radius 1 is 0.400 bits per heavy atom. The molecule has 0 N–H and O–H groups in total. The fraction of sp³-hybridized carbons (Fsp3) is 0.167. The van der Waals surface area contributed by atoms with Crippen LogP contribution in [0.4, 0.5) is 22.7 Å². The van der Waals surface area contributed by atoms with E-state index in [9.17, 15) is 0 Å². The zero-order chi connectivity index (χ0) is 42.7. The van der Waals surface area contributed by atoms with Gasteiger partial charge in [-0.15, -0.1) is 23.5 Å². The summed E-state index contributed by atoms with van der Waals surface area (Å²) in [7, 11) is 0. The summed E-state index contributed by atoms with van der Waals surface area (Å²) in [5.41, 5.74) is 23.8. The molecule has 0 bridgehead atoms. The minimum absolute atomic E-state index is 0.212. The fourth-order valence-electron chi connectivity index (χ4n) is 13.6. The summed E-state index contributed by atoms with van der Waals surface area (Å²) in [4.78, 5) is 8.43. The van der Waals surface area contributed by atoms with Gasteiger partial charge in [0.15, 0.2) is 0 Å². The third-order valence-electron chi connectivity index (χ3n) is 16.2. The van der Waals surface area contributed by atoms with E-state index >= 15 is 0 Å². The third kappa shape index (κ3) is 5.12. The first kappa shape index (κ1) is 37.1. The molecule has 0 spiro atoms. The van der Waals surface area contributed by atoms with E-state index < -0.39 is 0 Å². The van der Waals surface area contributed by atoms with Crippen molar-refractivity contribution in [1.29, 1.82) is 0 Å². The molecule has 2 nitrogen and oxygen atoms in total. The molecule has 65 heavy (non-hydrogen) atoms. The summed E-state index contributed by atoms with van der Waals surface area (Å²) < 4.78 is 0. The van der Waals surface area contributed by atoms with Gasteiger partial charge in [0.25, 0.3) is 0 Å². The molecule has 8 unspecified atom stereocenters. The number of aryl methyl sites for hydroxylation is 2. The topological polar surface area (TPSA) is 6.48 Å². The lowest BCUT2D eigenvalue weighted by molar-refractivity contribution is 0.715. The van der Waals surface area contributed by atoms with E-state index in [1.807, 2.05) is 0 Å². The van der Waals surface area contributed by atoms with E-state index in [-0.39, 0.29) is 10.7 Å². The maximum absolute atomic E-state index is 2.78. The van der Waals surface area contributed by atoms with Gasteiger partial charge in [-0.2, -0.15) is 0 Å². The summed E-state index contributed by atoms with van der Waals surface area (Å²) in [5, 5.41) is 0.424. The fourth-order valence-corrected chi connectivity index (χ4v) is 16.7. The van der Waals surface area contributed by atoms with Gasteiger partial charge >= 0.3 is 0 Å². The second-order valence-electron chi connectivity index (χ2n) is 19.5. The van der Waals surface area contributed by atoms with E-state index in [0.717, 1.165) is 0 Å². The number of nitrogens with zero attached hydrogens (tertiary/aromatic N) is 2. The highest BCUT2D eigenvalue weighted by Gasteiger charge is 2.60. The molecule has 7 aromatic rings. The lowest BCUT2D eigenvalue weighted by atomic mass is 9.26. The zero-order valence-corrected chi connectivity index (χ0v) is 37.9. The molecule has 0 radical (unpaired) electrons. The van der Waals surface area contributed by atoms with Crippen LogP contribution in [0, 0.1) is 13.8 Å². The average Bonchev–Trinajstić information content (AvgIpc) is 3.92. The quantitative estimate of drug-likeness (QED) is 0.160. The predicted molar refractivity (Wildman–Crippen MR) is 275 cm³/mol. The highest BCUT2D eigenvalue weighted by molar-refractivity contribution is 8.01. The first-order valence-electron chi connectivity index (χ1n) is 23.5. The van der Waals surface area contributed by atoms with Crippen LogP contribution in [0.1, 0.15) is 79.8 Å². The van der Waals surface area contributed by atoms with Gasteiger partial charge in [-0.1, -0.05) is 151 Å². The van der Waals surface area contributed by atoms with Crippen molar-refractivity contribution in [1.82, 2.24) is 0 Å². The molecule has 0 fully saturated rings. The van der Waals surface area contributed by atoms with Crippen molar-refractivity contribution in [3.05, 3.63) is 233 Å². The molecule has 5 heteroatoms. The van der Waals surface area contributed by atoms with Gasteiger partial charge in [-0.3, -0.25) is 0 Å². The van der Waals surface area contributed by atoms with Crippen molar-refractivity contribution in [3.63, 3.8) is 0 Å². The normalized spacial score (nSPS) is 25.8. The summed E-state index contributed by atoms with van der Waals surface area (Å²) in [6.07, 6.45) is 18.7. The van der Waals surface area contributed by atoms with Crippen molar-refractivity contribution in [2.75, 3.05) is 9.80 Å². The minimum atomic E-state index is 0.212. The molecule has 0 aromatic heterocycles. The van der Waals surface area contributed by atoms with Crippen LogP contribution in [0.2, 0.25) is 0 Å². The number of thioether (sulfide) groups is 2. The summed E-state index contributed by atoms with van der Waals surface area (Å²) >= 11 is 4.20. The summed E-state index contributed by atoms with van der Waals surface area (Å²) in [5.74, 6) is 1.87. The molecular weight excluding hydrogens is 824 g/mol. The Labute approximate surface area is 390 Å². The summed E-state index contributed by atoms with van der Waals surface area (Å²) in [6, 6.07) is 55.0. The molecule has 4 heterocycles. The van der Waals surface area contributed by atoms with Crippen molar-refractivity contribution in [2.24, 2.45) is 0 Å². The number of rotatable bonds is 2. The SMILES string of the molecule is Cc1ccc2c(c1)C1B3c4c(cccc4N(c4ccc5c(c4)C4C=CC=CC4c4ccccc4-5)C4Sc5ccc(C)cc5C34)N(c3ccc4c(c3)C3C=CC=CC3c3ccccc3-4)C1S2. The Balaban J connectivity index is 0.972. The van der Waals surface area contributed by atoms with Crippen molar-refractivity contribution < 1.29 is 0 Å². The second kappa shape index (κ2) is 13.7. The highest BCUT2D eigenvalue weighted by atomic mass is 32.2. The predicted octanol–water partition coefficient (Wildman–Crippen LogP) is 14.8. The maximum atomic E-state index is 2.78. The second-order valence-corrected chi connectivity index (χ2v) is 21.8. The van der Waals surface area contributed by atoms with Crippen LogP contribution in [0.5, 0.6) is 0 Å². The molecule has 8 atom stereocenters. The Morgan fingerprint density at radius 3 is 1.31 bits per heavy atom. The molecular formula is C60H45BN2S2. The van der Waals surface area contributed by atoms with Gasteiger partial charge in [0.1, 0.15) is 0 Å². The van der Waals surface area contributed by atoms with E-state index in [2.05, 4.69) is 235 Å². The molecule has 4 aliphatic heterocycles. The van der Waals surface area contributed by atoms with Gasteiger partial charge in [0, 0.05) is 56.2 Å². The molecule has 4 aliphatic carbocycles. The molecule has 8 aliphatic rings. The van der Waals surface area contributed by atoms with E-state index in [1.165, 1.54) is 105 Å². The van der Waals surface area contributed by atoms with E-state index in [0.29, 0.717) is 42.0 Å². The number of anilines is 4. The van der Waals surface area contributed by atoms with E-state index in [1.54, 1.807) is 0 Å². The smallest absolute Gasteiger partial charge is 0.203 e. The molecule has 0 saturated heterocycles. The lowest BCUT2D eigenvalue weighted by Gasteiger charge is -2.52. The number of benzene rings is 7.